The molecule has 0 amide bonds. The van der Waals surface area contributed by atoms with E-state index in [1.54, 1.807) is 0 Å². The number of hydrogen-bond acceptors (Lipinski definition) is 4. The van der Waals surface area contributed by atoms with Gasteiger partial charge in [-0.2, -0.15) is 0 Å². The zero-order chi connectivity index (χ0) is 15.5. The van der Waals surface area contributed by atoms with Crippen molar-refractivity contribution < 1.29 is 14.9 Å². The van der Waals surface area contributed by atoms with E-state index in [4.69, 9.17) is 4.74 Å². The number of nitrogens with one attached hydrogen (secondary N) is 1. The molecular weight excluding hydrogens is 278 g/mol. The molecule has 1 heterocycles. The Morgan fingerprint density at radius 3 is 2.86 bits per heavy atom. The number of likely N-dealkylation sites (N-methyl/N-ethyl adjacent to an activating group) is 1. The quantitative estimate of drug-likeness (QED) is 0.811. The molecule has 2 aromatic carbocycles. The molecule has 1 aliphatic rings. The summed E-state index contributed by atoms with van der Waals surface area (Å²) in [4.78, 5) is 0. The average Bonchev–Trinajstić information content (AvgIpc) is 2.70. The fraction of sp³-hybridized carbons (Fsp3) is 0.333. The van der Waals surface area contributed by atoms with E-state index in [0.29, 0.717) is 24.5 Å². The summed E-state index contributed by atoms with van der Waals surface area (Å²) in [7, 11) is 0. The van der Waals surface area contributed by atoms with Gasteiger partial charge in [0.05, 0.1) is 6.10 Å². The van der Waals surface area contributed by atoms with Gasteiger partial charge in [0.1, 0.15) is 18.5 Å². The highest BCUT2D eigenvalue weighted by molar-refractivity contribution is 5.47. The smallest absolute Gasteiger partial charge is 0.125 e. The summed E-state index contributed by atoms with van der Waals surface area (Å²) in [6, 6.07) is 13.3. The molecule has 3 rings (SSSR count). The van der Waals surface area contributed by atoms with Crippen molar-refractivity contribution in [2.75, 3.05) is 13.1 Å². The van der Waals surface area contributed by atoms with Crippen molar-refractivity contribution >= 4 is 0 Å². The number of hydrogen-bond donors (Lipinski definition) is 3. The van der Waals surface area contributed by atoms with E-state index in [-0.39, 0.29) is 0 Å². The van der Waals surface area contributed by atoms with Crippen LogP contribution in [0.1, 0.15) is 41.4 Å². The van der Waals surface area contributed by atoms with Gasteiger partial charge in [0, 0.05) is 12.1 Å². The summed E-state index contributed by atoms with van der Waals surface area (Å²) in [6.07, 6.45) is -1.34. The van der Waals surface area contributed by atoms with Gasteiger partial charge in [0.25, 0.3) is 0 Å². The van der Waals surface area contributed by atoms with Gasteiger partial charge in [0.2, 0.25) is 0 Å². The van der Waals surface area contributed by atoms with Crippen LogP contribution in [-0.4, -0.2) is 23.3 Å². The van der Waals surface area contributed by atoms with Crippen LogP contribution in [0.25, 0.3) is 0 Å². The molecule has 22 heavy (non-hydrogen) atoms. The monoisotopic (exact) mass is 299 g/mol. The van der Waals surface area contributed by atoms with E-state index in [0.717, 1.165) is 23.2 Å². The highest BCUT2D eigenvalue weighted by Gasteiger charge is 2.23. The Bertz CT molecular complexity index is 657. The van der Waals surface area contributed by atoms with Crippen molar-refractivity contribution in [2.45, 2.75) is 25.7 Å². The summed E-state index contributed by atoms with van der Waals surface area (Å²) in [5.74, 6) is 0.670. The minimum Gasteiger partial charge on any atom is -0.488 e. The standard InChI is InChI=1S/C18H21NO3/c1-2-19-10-16(20)12-7-8-17-15(9-12)18(21)14-6-4-3-5-13(14)11-22-17/h3-9,16,18-21H,2,10-11H2,1H3. The summed E-state index contributed by atoms with van der Waals surface area (Å²) >= 11 is 0. The summed E-state index contributed by atoms with van der Waals surface area (Å²) in [5.41, 5.74) is 3.33. The van der Waals surface area contributed by atoms with Crippen LogP contribution < -0.4 is 10.1 Å². The maximum Gasteiger partial charge on any atom is 0.125 e. The maximum absolute atomic E-state index is 10.7. The lowest BCUT2D eigenvalue weighted by Gasteiger charge is -2.17. The lowest BCUT2D eigenvalue weighted by molar-refractivity contribution is 0.174. The van der Waals surface area contributed by atoms with Crippen LogP contribution in [-0.2, 0) is 6.61 Å². The Morgan fingerprint density at radius 1 is 1.23 bits per heavy atom. The average molecular weight is 299 g/mol. The largest absolute Gasteiger partial charge is 0.488 e. The SMILES string of the molecule is CCNCC(O)c1ccc2c(c1)C(O)c1ccccc1CO2. The third-order valence-electron chi connectivity index (χ3n) is 4.03. The molecule has 1 aliphatic heterocycles. The highest BCUT2D eigenvalue weighted by Crippen LogP contribution is 2.37. The minimum absolute atomic E-state index is 0.444. The Hall–Kier alpha value is -1.88. The zero-order valence-corrected chi connectivity index (χ0v) is 12.6. The van der Waals surface area contributed by atoms with Gasteiger partial charge in [0.15, 0.2) is 0 Å². The van der Waals surface area contributed by atoms with E-state index >= 15 is 0 Å². The van der Waals surface area contributed by atoms with Crippen molar-refractivity contribution in [3.63, 3.8) is 0 Å². The Balaban J connectivity index is 1.95. The molecule has 0 bridgehead atoms. The molecule has 0 spiro atoms. The number of fused-ring (bicyclic) bond motifs is 2. The first-order chi connectivity index (χ1) is 10.7. The molecule has 0 aromatic heterocycles. The molecule has 4 heteroatoms. The zero-order valence-electron chi connectivity index (χ0n) is 12.6. The topological polar surface area (TPSA) is 61.7 Å². The van der Waals surface area contributed by atoms with E-state index in [9.17, 15) is 10.2 Å². The van der Waals surface area contributed by atoms with E-state index in [2.05, 4.69) is 5.32 Å². The number of rotatable bonds is 4. The van der Waals surface area contributed by atoms with Crippen LogP contribution in [0.15, 0.2) is 42.5 Å². The van der Waals surface area contributed by atoms with Crippen LogP contribution in [0, 0.1) is 0 Å². The van der Waals surface area contributed by atoms with E-state index in [1.165, 1.54) is 0 Å². The molecule has 2 atom stereocenters. The summed E-state index contributed by atoms with van der Waals surface area (Å²) in [6.45, 7) is 3.74. The van der Waals surface area contributed by atoms with Crippen LogP contribution in [0.4, 0.5) is 0 Å². The lowest BCUT2D eigenvalue weighted by atomic mass is 9.95. The van der Waals surface area contributed by atoms with Crippen molar-refractivity contribution in [1.29, 1.82) is 0 Å². The summed E-state index contributed by atoms with van der Waals surface area (Å²) < 4.78 is 5.80. The Kier molecular flexibility index (Phi) is 4.43. The predicted molar refractivity (Wildman–Crippen MR) is 84.8 cm³/mol. The van der Waals surface area contributed by atoms with Crippen molar-refractivity contribution in [2.24, 2.45) is 0 Å². The van der Waals surface area contributed by atoms with Gasteiger partial charge in [-0.25, -0.2) is 0 Å². The van der Waals surface area contributed by atoms with Crippen LogP contribution in [0.2, 0.25) is 0 Å². The first kappa shape index (κ1) is 15.0. The van der Waals surface area contributed by atoms with Crippen LogP contribution in [0.3, 0.4) is 0 Å². The number of aliphatic hydroxyl groups is 2. The third-order valence-corrected chi connectivity index (χ3v) is 4.03. The van der Waals surface area contributed by atoms with Gasteiger partial charge in [-0.05, 0) is 35.4 Å². The lowest BCUT2D eigenvalue weighted by Crippen LogP contribution is -2.21. The Labute approximate surface area is 130 Å². The van der Waals surface area contributed by atoms with Gasteiger partial charge in [-0.15, -0.1) is 0 Å². The third kappa shape index (κ3) is 2.86. The first-order valence-electron chi connectivity index (χ1n) is 7.62. The van der Waals surface area contributed by atoms with Gasteiger partial charge < -0.3 is 20.3 Å². The molecule has 4 nitrogen and oxygen atoms in total. The molecule has 0 aliphatic carbocycles. The Morgan fingerprint density at radius 2 is 2.05 bits per heavy atom. The van der Waals surface area contributed by atoms with Gasteiger partial charge in [-0.3, -0.25) is 0 Å². The second kappa shape index (κ2) is 6.48. The fourth-order valence-electron chi connectivity index (χ4n) is 2.77. The fourth-order valence-corrected chi connectivity index (χ4v) is 2.77. The maximum atomic E-state index is 10.7. The van der Waals surface area contributed by atoms with Crippen molar-refractivity contribution in [3.05, 3.63) is 64.7 Å². The summed E-state index contributed by atoms with van der Waals surface area (Å²) in [5, 5.41) is 24.0. The highest BCUT2D eigenvalue weighted by atomic mass is 16.5. The van der Waals surface area contributed by atoms with E-state index < -0.39 is 12.2 Å². The van der Waals surface area contributed by atoms with Crippen LogP contribution in [0.5, 0.6) is 5.75 Å². The predicted octanol–water partition coefficient (Wildman–Crippen LogP) is 2.30. The second-order valence-corrected chi connectivity index (χ2v) is 5.51. The number of ether oxygens (including phenoxy) is 1. The van der Waals surface area contributed by atoms with Gasteiger partial charge in [-0.1, -0.05) is 37.3 Å². The second-order valence-electron chi connectivity index (χ2n) is 5.51. The molecule has 0 radical (unpaired) electrons. The first-order valence-corrected chi connectivity index (χ1v) is 7.62. The molecule has 0 fully saturated rings. The molecule has 116 valence electrons. The molecule has 0 saturated heterocycles. The van der Waals surface area contributed by atoms with Gasteiger partial charge >= 0.3 is 0 Å². The van der Waals surface area contributed by atoms with Crippen LogP contribution >= 0.6 is 0 Å². The van der Waals surface area contributed by atoms with E-state index in [1.807, 2.05) is 49.4 Å². The van der Waals surface area contributed by atoms with Crippen molar-refractivity contribution in [1.82, 2.24) is 5.32 Å². The number of aliphatic hydroxyl groups excluding tert-OH is 2. The molecule has 0 saturated carbocycles. The normalized spacial score (nSPS) is 17.9. The minimum atomic E-state index is -0.736. The molecule has 2 unspecified atom stereocenters. The molecule has 3 N–H and O–H groups in total. The molecular formula is C18H21NO3. The molecule has 2 aromatic rings. The van der Waals surface area contributed by atoms with Crippen molar-refractivity contribution in [3.8, 4) is 5.75 Å². The number of benzene rings is 2.